The molecule has 2 nitrogen and oxygen atoms in total. The summed E-state index contributed by atoms with van der Waals surface area (Å²) < 4.78 is 0. The maximum Gasteiger partial charge on any atom is 0.0826 e. The number of aliphatic imine (C=N–C) groups is 1. The Bertz CT molecular complexity index is 2450. The molecular formula is C52H42N2. The Labute approximate surface area is 319 Å². The van der Waals surface area contributed by atoms with Crippen molar-refractivity contribution in [2.75, 3.05) is 7.05 Å². The van der Waals surface area contributed by atoms with Crippen LogP contribution in [0, 0.1) is 5.41 Å². The van der Waals surface area contributed by atoms with Gasteiger partial charge in [0.15, 0.2) is 0 Å². The lowest BCUT2D eigenvalue weighted by molar-refractivity contribution is 0.697. The van der Waals surface area contributed by atoms with Gasteiger partial charge in [0.2, 0.25) is 0 Å². The summed E-state index contributed by atoms with van der Waals surface area (Å²) in [4.78, 5) is 4.46. The first-order chi connectivity index (χ1) is 26.6. The minimum Gasteiger partial charge on any atom is -0.299 e. The summed E-state index contributed by atoms with van der Waals surface area (Å²) in [5.74, 6) is 0. The predicted octanol–water partition coefficient (Wildman–Crippen LogP) is 12.7. The molecule has 0 bridgehead atoms. The number of benzene rings is 6. The lowest BCUT2D eigenvalue weighted by Crippen LogP contribution is -2.30. The largest absolute Gasteiger partial charge is 0.299 e. The fraction of sp³-hybridized carbons (Fsp3) is 0.0769. The van der Waals surface area contributed by atoms with E-state index in [1.807, 2.05) is 24.3 Å². The van der Waals surface area contributed by atoms with E-state index in [0.29, 0.717) is 11.4 Å². The van der Waals surface area contributed by atoms with Gasteiger partial charge < -0.3 is 0 Å². The maximum atomic E-state index is 8.62. The van der Waals surface area contributed by atoms with Crippen LogP contribution in [0.4, 0.5) is 0 Å². The molecule has 0 amide bonds. The number of nitrogens with one attached hydrogen (secondary N) is 1. The van der Waals surface area contributed by atoms with Crippen molar-refractivity contribution in [3.8, 4) is 22.3 Å². The minimum atomic E-state index is -0.372. The van der Waals surface area contributed by atoms with E-state index in [1.54, 1.807) is 25.3 Å². The van der Waals surface area contributed by atoms with Crippen molar-refractivity contribution in [1.82, 2.24) is 0 Å². The second-order valence-corrected chi connectivity index (χ2v) is 13.7. The summed E-state index contributed by atoms with van der Waals surface area (Å²) in [5.41, 5.74) is 16.6. The van der Waals surface area contributed by atoms with Gasteiger partial charge in [-0.25, -0.2) is 0 Å². The highest BCUT2D eigenvalue weighted by molar-refractivity contribution is 6.50. The van der Waals surface area contributed by atoms with Crippen molar-refractivity contribution in [2.24, 2.45) is 4.99 Å². The molecule has 2 aliphatic carbocycles. The summed E-state index contributed by atoms with van der Waals surface area (Å²) in [6, 6.07) is 57.2. The van der Waals surface area contributed by atoms with E-state index < -0.39 is 0 Å². The normalized spacial score (nSPS) is 14.9. The molecule has 54 heavy (non-hydrogen) atoms. The summed E-state index contributed by atoms with van der Waals surface area (Å²) in [5, 5.41) is 8.62. The van der Waals surface area contributed by atoms with Crippen molar-refractivity contribution >= 4 is 22.6 Å². The monoisotopic (exact) mass is 694 g/mol. The average Bonchev–Trinajstić information content (AvgIpc) is 3.54. The van der Waals surface area contributed by atoms with Crippen LogP contribution in [0.15, 0.2) is 211 Å². The third-order valence-electron chi connectivity index (χ3n) is 10.8. The molecule has 260 valence electrons. The van der Waals surface area contributed by atoms with Gasteiger partial charge in [0.25, 0.3) is 0 Å². The van der Waals surface area contributed by atoms with Crippen LogP contribution in [0.5, 0.6) is 0 Å². The number of hydrogen-bond acceptors (Lipinski definition) is 2. The van der Waals surface area contributed by atoms with Gasteiger partial charge in [-0.15, -0.1) is 0 Å². The molecule has 0 spiro atoms. The molecule has 0 radical (unpaired) electrons. The molecule has 0 aromatic heterocycles. The Morgan fingerprint density at radius 1 is 0.667 bits per heavy atom. The van der Waals surface area contributed by atoms with Crippen molar-refractivity contribution in [1.29, 1.82) is 5.41 Å². The van der Waals surface area contributed by atoms with Gasteiger partial charge in [-0.3, -0.25) is 10.4 Å². The van der Waals surface area contributed by atoms with Crippen LogP contribution in [-0.2, 0) is 5.41 Å². The zero-order chi connectivity index (χ0) is 36.9. The Hall–Kier alpha value is -6.64. The third kappa shape index (κ3) is 6.16. The highest BCUT2D eigenvalue weighted by Gasteiger charge is 2.47. The van der Waals surface area contributed by atoms with E-state index in [-0.39, 0.29) is 5.41 Å². The van der Waals surface area contributed by atoms with Gasteiger partial charge in [0, 0.05) is 7.05 Å². The quantitative estimate of drug-likeness (QED) is 0.109. The number of rotatable bonds is 10. The van der Waals surface area contributed by atoms with E-state index in [2.05, 4.69) is 163 Å². The number of nitrogens with zero attached hydrogens (tertiary/aromatic N) is 1. The van der Waals surface area contributed by atoms with Gasteiger partial charge >= 0.3 is 0 Å². The highest BCUT2D eigenvalue weighted by atomic mass is 14.7. The zero-order valence-electron chi connectivity index (χ0n) is 30.5. The van der Waals surface area contributed by atoms with Gasteiger partial charge in [-0.1, -0.05) is 183 Å². The fourth-order valence-electron chi connectivity index (χ4n) is 8.34. The van der Waals surface area contributed by atoms with Crippen molar-refractivity contribution < 1.29 is 0 Å². The molecule has 6 aromatic rings. The standard InChI is InChI=1S/C52H42N2/c1-3-4-28-50(53)51(54-2)36-47(37-18-8-5-9-19-37)39-31-29-38(30-32-39)43-24-14-15-25-44(43)40-33-34-46-45-26-16-17-27-48(45)52(49(46)35-40,41-20-10-6-11-21-41)42-22-12-7-13-23-42/h3-16,18-26,28-36,53H,1,17,27H2,2H3/b28-4-,47-36-,53-50?,54-51?. The molecule has 0 atom stereocenters. The second kappa shape index (κ2) is 15.1. The lowest BCUT2D eigenvalue weighted by atomic mass is 9.65. The molecule has 0 saturated heterocycles. The van der Waals surface area contributed by atoms with Gasteiger partial charge in [0.1, 0.15) is 0 Å². The molecule has 0 heterocycles. The first-order valence-electron chi connectivity index (χ1n) is 18.6. The summed E-state index contributed by atoms with van der Waals surface area (Å²) in [7, 11) is 1.73. The van der Waals surface area contributed by atoms with Gasteiger partial charge in [-0.05, 0) is 103 Å². The van der Waals surface area contributed by atoms with E-state index >= 15 is 0 Å². The molecular weight excluding hydrogens is 653 g/mol. The third-order valence-corrected chi connectivity index (χ3v) is 10.8. The second-order valence-electron chi connectivity index (χ2n) is 13.7. The van der Waals surface area contributed by atoms with Crippen molar-refractivity contribution in [2.45, 2.75) is 18.3 Å². The molecule has 0 fully saturated rings. The number of fused-ring (bicyclic) bond motifs is 2. The maximum absolute atomic E-state index is 8.62. The SMILES string of the molecule is C=C/C=C\C(=N)C(/C=C(/c1ccccc1)c1ccc(-c2ccccc2-c2ccc3c(c2)C(c2ccccc2)(c2ccccc2)C2=C3C=CCC2)cc1)=NC. The molecule has 6 aromatic carbocycles. The van der Waals surface area contributed by atoms with Crippen LogP contribution in [0.25, 0.3) is 33.4 Å². The van der Waals surface area contributed by atoms with Crippen LogP contribution in [-0.4, -0.2) is 18.5 Å². The number of allylic oxidation sites excluding steroid dienone is 8. The Morgan fingerprint density at radius 2 is 1.24 bits per heavy atom. The van der Waals surface area contributed by atoms with Gasteiger partial charge in [0.05, 0.1) is 16.8 Å². The molecule has 0 aliphatic heterocycles. The summed E-state index contributed by atoms with van der Waals surface area (Å²) in [6.07, 6.45) is 13.9. The van der Waals surface area contributed by atoms with E-state index in [1.165, 1.54) is 50.1 Å². The van der Waals surface area contributed by atoms with Crippen LogP contribution < -0.4 is 0 Å². The topological polar surface area (TPSA) is 36.2 Å². The van der Waals surface area contributed by atoms with E-state index in [9.17, 15) is 0 Å². The first-order valence-corrected chi connectivity index (χ1v) is 18.6. The Morgan fingerprint density at radius 3 is 1.87 bits per heavy atom. The van der Waals surface area contributed by atoms with Crippen molar-refractivity contribution in [3.05, 3.63) is 240 Å². The molecule has 1 N–H and O–H groups in total. The van der Waals surface area contributed by atoms with Crippen molar-refractivity contribution in [3.63, 3.8) is 0 Å². The number of hydrogen-bond donors (Lipinski definition) is 1. The van der Waals surface area contributed by atoms with Gasteiger partial charge in [-0.2, -0.15) is 0 Å². The lowest BCUT2D eigenvalue weighted by Gasteiger charge is -2.36. The van der Waals surface area contributed by atoms with E-state index in [0.717, 1.165) is 35.1 Å². The summed E-state index contributed by atoms with van der Waals surface area (Å²) in [6.45, 7) is 3.75. The van der Waals surface area contributed by atoms with E-state index in [4.69, 9.17) is 5.41 Å². The predicted molar refractivity (Wildman–Crippen MR) is 229 cm³/mol. The highest BCUT2D eigenvalue weighted by Crippen LogP contribution is 2.57. The Balaban J connectivity index is 1.24. The molecule has 0 unspecified atom stereocenters. The Kier molecular flexibility index (Phi) is 9.66. The minimum absolute atomic E-state index is 0.335. The first kappa shape index (κ1) is 34.4. The summed E-state index contributed by atoms with van der Waals surface area (Å²) >= 11 is 0. The zero-order valence-corrected chi connectivity index (χ0v) is 30.5. The molecule has 2 aliphatic rings. The average molecular weight is 695 g/mol. The molecule has 2 heteroatoms. The van der Waals surface area contributed by atoms with Crippen LogP contribution in [0.2, 0.25) is 0 Å². The van der Waals surface area contributed by atoms with Crippen LogP contribution in [0.1, 0.15) is 46.2 Å². The fourth-order valence-corrected chi connectivity index (χ4v) is 8.34. The van der Waals surface area contributed by atoms with Crippen LogP contribution in [0.3, 0.4) is 0 Å². The smallest absolute Gasteiger partial charge is 0.0826 e. The van der Waals surface area contributed by atoms with Crippen LogP contribution >= 0.6 is 0 Å². The molecule has 8 rings (SSSR count). The molecule has 0 saturated carbocycles.